The Kier molecular flexibility index (Phi) is 5.75. The molecular weight excluding hydrogens is 432 g/mol. The van der Waals surface area contributed by atoms with Crippen molar-refractivity contribution < 1.29 is 17.9 Å². The number of carbonyl (C=O) groups is 1. The Labute approximate surface area is 185 Å². The Bertz CT molecular complexity index is 1300. The van der Waals surface area contributed by atoms with Crippen LogP contribution in [0.2, 0.25) is 0 Å². The third-order valence-corrected chi connectivity index (χ3v) is 6.91. The van der Waals surface area contributed by atoms with Crippen molar-refractivity contribution >= 4 is 27.0 Å². The van der Waals surface area contributed by atoms with Crippen molar-refractivity contribution in [2.75, 3.05) is 26.0 Å². The summed E-state index contributed by atoms with van der Waals surface area (Å²) in [5, 5.41) is 14.5. The van der Waals surface area contributed by atoms with E-state index in [4.69, 9.17) is 4.74 Å². The number of aromatic amines is 1. The van der Waals surface area contributed by atoms with Gasteiger partial charge in [0.15, 0.2) is 0 Å². The summed E-state index contributed by atoms with van der Waals surface area (Å²) in [7, 11) is -3.35. The number of ether oxygens (including phenoxy) is 1. The van der Waals surface area contributed by atoms with Crippen LogP contribution < -0.4 is 0 Å². The summed E-state index contributed by atoms with van der Waals surface area (Å²) >= 11 is 0. The monoisotopic (exact) mass is 456 g/mol. The van der Waals surface area contributed by atoms with Crippen molar-refractivity contribution in [2.45, 2.75) is 31.7 Å². The second-order valence-corrected chi connectivity index (χ2v) is 10.0. The molecule has 1 aliphatic rings. The molecule has 1 N–H and O–H groups in total. The fourth-order valence-corrected chi connectivity index (χ4v) is 4.85. The summed E-state index contributed by atoms with van der Waals surface area (Å²) < 4.78 is 32.1. The summed E-state index contributed by atoms with van der Waals surface area (Å²) in [5.74, 6) is -0.463. The Morgan fingerprint density at radius 1 is 1.38 bits per heavy atom. The van der Waals surface area contributed by atoms with Crippen LogP contribution in [0.3, 0.4) is 0 Å². The lowest BCUT2D eigenvalue weighted by molar-refractivity contribution is 0.0500. The number of carbonyl (C=O) groups excluding carboxylic acids is 1. The number of pyridine rings is 1. The molecule has 0 unspecified atom stereocenters. The first-order valence-corrected chi connectivity index (χ1v) is 12.1. The number of aromatic nitrogens is 4. The van der Waals surface area contributed by atoms with Gasteiger partial charge in [-0.2, -0.15) is 14.7 Å². The molecule has 3 aromatic rings. The number of fused-ring (bicyclic) bond motifs is 1. The first-order valence-electron chi connectivity index (χ1n) is 10.3. The van der Waals surface area contributed by atoms with Gasteiger partial charge in [-0.05, 0) is 12.5 Å². The fraction of sp³-hybridized carbons (Fsp3) is 0.429. The molecule has 10 nitrogen and oxygen atoms in total. The normalized spacial score (nSPS) is 15.9. The van der Waals surface area contributed by atoms with Gasteiger partial charge in [0.25, 0.3) is 0 Å². The minimum atomic E-state index is -3.35. The van der Waals surface area contributed by atoms with Gasteiger partial charge in [0.2, 0.25) is 10.0 Å². The molecule has 0 aromatic carbocycles. The molecule has 0 spiro atoms. The fourth-order valence-electron chi connectivity index (χ4n) is 3.90. The topological polar surface area (TPSA) is 134 Å². The van der Waals surface area contributed by atoms with E-state index in [9.17, 15) is 18.5 Å². The lowest BCUT2D eigenvalue weighted by Gasteiger charge is -2.47. The number of sulfonamides is 1. The first kappa shape index (κ1) is 22.0. The van der Waals surface area contributed by atoms with Gasteiger partial charge in [-0.25, -0.2) is 18.2 Å². The van der Waals surface area contributed by atoms with Crippen LogP contribution in [0.1, 0.15) is 36.5 Å². The molecular formula is C21H24N6O4S. The smallest absolute Gasteiger partial charge is 0.340 e. The van der Waals surface area contributed by atoms with Crippen LogP contribution in [0.4, 0.5) is 0 Å². The molecule has 0 aliphatic carbocycles. The van der Waals surface area contributed by atoms with Gasteiger partial charge in [0.1, 0.15) is 11.2 Å². The number of nitrogens with one attached hydrogen (secondary N) is 1. The van der Waals surface area contributed by atoms with E-state index in [1.165, 1.54) is 10.5 Å². The molecule has 1 aliphatic heterocycles. The predicted molar refractivity (Wildman–Crippen MR) is 117 cm³/mol. The Morgan fingerprint density at radius 2 is 2.16 bits per heavy atom. The minimum Gasteiger partial charge on any atom is -0.462 e. The van der Waals surface area contributed by atoms with Crippen molar-refractivity contribution in [1.29, 1.82) is 5.26 Å². The maximum Gasteiger partial charge on any atom is 0.340 e. The summed E-state index contributed by atoms with van der Waals surface area (Å²) in [6.07, 6.45) is 9.54. The van der Waals surface area contributed by atoms with Crippen LogP contribution >= 0.6 is 0 Å². The van der Waals surface area contributed by atoms with Crippen LogP contribution in [0.15, 0.2) is 30.9 Å². The van der Waals surface area contributed by atoms with Crippen molar-refractivity contribution in [1.82, 2.24) is 24.1 Å². The highest BCUT2D eigenvalue weighted by molar-refractivity contribution is 7.88. The highest BCUT2D eigenvalue weighted by Gasteiger charge is 2.49. The van der Waals surface area contributed by atoms with E-state index in [0.29, 0.717) is 28.9 Å². The molecule has 0 amide bonds. The lowest BCUT2D eigenvalue weighted by Crippen LogP contribution is -2.63. The third kappa shape index (κ3) is 3.87. The summed E-state index contributed by atoms with van der Waals surface area (Å²) in [6.45, 7) is 2.68. The van der Waals surface area contributed by atoms with Crippen LogP contribution in [-0.2, 0) is 20.3 Å². The molecule has 32 heavy (non-hydrogen) atoms. The summed E-state index contributed by atoms with van der Waals surface area (Å²) in [6, 6.07) is 3.97. The van der Waals surface area contributed by atoms with Gasteiger partial charge in [-0.3, -0.25) is 4.68 Å². The first-order chi connectivity index (χ1) is 15.3. The van der Waals surface area contributed by atoms with Crippen molar-refractivity contribution in [2.24, 2.45) is 0 Å². The Hall–Kier alpha value is -3.23. The van der Waals surface area contributed by atoms with E-state index in [-0.39, 0.29) is 19.5 Å². The summed E-state index contributed by atoms with van der Waals surface area (Å²) in [5.41, 5.74) is 1.50. The molecule has 0 bridgehead atoms. The van der Waals surface area contributed by atoms with E-state index in [1.54, 1.807) is 23.3 Å². The lowest BCUT2D eigenvalue weighted by atomic mass is 9.89. The predicted octanol–water partition coefficient (Wildman–Crippen LogP) is 2.27. The second kappa shape index (κ2) is 8.37. The largest absolute Gasteiger partial charge is 0.462 e. The van der Waals surface area contributed by atoms with Crippen molar-refractivity contribution in [3.8, 4) is 17.2 Å². The van der Waals surface area contributed by atoms with E-state index < -0.39 is 21.5 Å². The van der Waals surface area contributed by atoms with E-state index in [1.807, 2.05) is 13.0 Å². The number of rotatable bonds is 8. The Balaban J connectivity index is 1.73. The van der Waals surface area contributed by atoms with Crippen molar-refractivity contribution in [3.63, 3.8) is 0 Å². The minimum absolute atomic E-state index is 0.113. The molecule has 168 valence electrons. The third-order valence-electron chi connectivity index (χ3n) is 5.71. The van der Waals surface area contributed by atoms with E-state index >= 15 is 0 Å². The molecule has 0 atom stereocenters. The SMILES string of the molecule is CCCCOC(=O)c1cnc2[nH]ccc2c1-c1cnn(C2(CC#N)CN(S(C)(=O)=O)C2)c1. The number of hydrogen-bond acceptors (Lipinski definition) is 7. The average molecular weight is 457 g/mol. The molecule has 3 aromatic heterocycles. The number of nitrogens with zero attached hydrogens (tertiary/aromatic N) is 5. The Morgan fingerprint density at radius 3 is 2.84 bits per heavy atom. The van der Waals surface area contributed by atoms with E-state index in [2.05, 4.69) is 21.1 Å². The number of nitriles is 1. The van der Waals surface area contributed by atoms with Crippen LogP contribution in [-0.4, -0.2) is 64.4 Å². The average Bonchev–Trinajstić information content (AvgIpc) is 3.38. The zero-order valence-electron chi connectivity index (χ0n) is 17.9. The maximum absolute atomic E-state index is 12.8. The van der Waals surface area contributed by atoms with Gasteiger partial charge in [0, 0.05) is 48.2 Å². The van der Waals surface area contributed by atoms with Gasteiger partial charge in [-0.1, -0.05) is 13.3 Å². The number of H-pyrrole nitrogens is 1. The molecule has 4 rings (SSSR count). The molecule has 11 heteroatoms. The molecule has 1 saturated heterocycles. The molecule has 1 fully saturated rings. The zero-order chi connectivity index (χ0) is 22.9. The number of esters is 1. The second-order valence-electron chi connectivity index (χ2n) is 8.04. The van der Waals surface area contributed by atoms with Crippen LogP contribution in [0.5, 0.6) is 0 Å². The number of unbranched alkanes of at least 4 members (excludes halogenated alkanes) is 1. The molecule has 0 saturated carbocycles. The maximum atomic E-state index is 12.8. The quantitative estimate of drug-likeness (QED) is 0.406. The molecule has 4 heterocycles. The van der Waals surface area contributed by atoms with Gasteiger partial charge >= 0.3 is 5.97 Å². The standard InChI is InChI=1S/C21H24N6O4S/c1-3-4-9-31-20(28)17-11-24-19-16(5-8-23-19)18(17)15-10-25-27(12-15)21(6-7-22)13-26(14-21)32(2,29)30/h5,8,10-12H,3-4,6,9,13-14H2,1-2H3,(H,23,24). The van der Waals surface area contributed by atoms with Crippen LogP contribution in [0.25, 0.3) is 22.2 Å². The highest BCUT2D eigenvalue weighted by atomic mass is 32.2. The van der Waals surface area contributed by atoms with Gasteiger partial charge in [0.05, 0.1) is 37.1 Å². The van der Waals surface area contributed by atoms with Crippen molar-refractivity contribution in [3.05, 3.63) is 36.4 Å². The summed E-state index contributed by atoms with van der Waals surface area (Å²) in [4.78, 5) is 20.2. The number of hydrogen-bond donors (Lipinski definition) is 1. The van der Waals surface area contributed by atoms with Crippen LogP contribution in [0, 0.1) is 11.3 Å². The van der Waals surface area contributed by atoms with E-state index in [0.717, 1.165) is 24.5 Å². The zero-order valence-corrected chi connectivity index (χ0v) is 18.7. The highest BCUT2D eigenvalue weighted by Crippen LogP contribution is 2.37. The van der Waals surface area contributed by atoms with Gasteiger partial charge in [-0.15, -0.1) is 0 Å². The molecule has 0 radical (unpaired) electrons. The van der Waals surface area contributed by atoms with Gasteiger partial charge < -0.3 is 9.72 Å².